The van der Waals surface area contributed by atoms with Crippen molar-refractivity contribution in [2.45, 2.75) is 23.8 Å². The average Bonchev–Trinajstić information content (AvgIpc) is 3.20. The van der Waals surface area contributed by atoms with Gasteiger partial charge < -0.3 is 11.1 Å². The predicted molar refractivity (Wildman–Crippen MR) is 80.2 cm³/mol. The van der Waals surface area contributed by atoms with Gasteiger partial charge in [-0.05, 0) is 30.9 Å². The third kappa shape index (κ3) is 4.02. The molecule has 1 aliphatic rings. The van der Waals surface area contributed by atoms with Crippen molar-refractivity contribution in [3.8, 4) is 0 Å². The van der Waals surface area contributed by atoms with E-state index in [4.69, 9.17) is 5.73 Å². The summed E-state index contributed by atoms with van der Waals surface area (Å²) in [5, 5.41) is 2.55. The van der Waals surface area contributed by atoms with Crippen LogP contribution in [0.3, 0.4) is 0 Å². The van der Waals surface area contributed by atoms with Gasteiger partial charge in [-0.25, -0.2) is 12.8 Å². The summed E-state index contributed by atoms with van der Waals surface area (Å²) < 4.78 is 37.6. The normalized spacial score (nSPS) is 16.6. The molecule has 1 aliphatic carbocycles. The van der Waals surface area contributed by atoms with E-state index in [9.17, 15) is 17.6 Å². The van der Waals surface area contributed by atoms with Gasteiger partial charge in [-0.15, -0.1) is 0 Å². The van der Waals surface area contributed by atoms with E-state index < -0.39 is 26.5 Å². The maximum atomic E-state index is 14.2. The van der Waals surface area contributed by atoms with Crippen LogP contribution in [0.25, 0.3) is 0 Å². The quantitative estimate of drug-likeness (QED) is 0.811. The SMILES string of the molecule is CS(=O)(=O)c1cc(Br)cc(C(=O)NCC(N)C2CC2)c1F. The third-order valence-electron chi connectivity index (χ3n) is 3.37. The van der Waals surface area contributed by atoms with Gasteiger partial charge in [-0.3, -0.25) is 4.79 Å². The first-order valence-corrected chi connectivity index (χ1v) is 9.11. The Kier molecular flexibility index (Phi) is 4.69. The lowest BCUT2D eigenvalue weighted by molar-refractivity contribution is 0.0945. The van der Waals surface area contributed by atoms with Crippen molar-refractivity contribution in [3.05, 3.63) is 28.0 Å². The van der Waals surface area contributed by atoms with E-state index in [1.165, 1.54) is 6.07 Å². The molecule has 0 spiro atoms. The van der Waals surface area contributed by atoms with E-state index in [-0.39, 0.29) is 18.2 Å². The Morgan fingerprint density at radius 3 is 2.67 bits per heavy atom. The Hall–Kier alpha value is -0.990. The number of rotatable bonds is 5. The Labute approximate surface area is 131 Å². The van der Waals surface area contributed by atoms with Crippen molar-refractivity contribution in [2.75, 3.05) is 12.8 Å². The van der Waals surface area contributed by atoms with Gasteiger partial charge in [0.2, 0.25) is 0 Å². The maximum Gasteiger partial charge on any atom is 0.254 e. The summed E-state index contributed by atoms with van der Waals surface area (Å²) in [6.45, 7) is 0.240. The zero-order chi connectivity index (χ0) is 15.8. The Bertz CT molecular complexity index is 674. The Morgan fingerprint density at radius 1 is 1.52 bits per heavy atom. The molecule has 0 heterocycles. The van der Waals surface area contributed by atoms with E-state index in [1.807, 2.05) is 0 Å². The fourth-order valence-electron chi connectivity index (χ4n) is 2.00. The van der Waals surface area contributed by atoms with Gasteiger partial charge in [-0.2, -0.15) is 0 Å². The highest BCUT2D eigenvalue weighted by atomic mass is 79.9. The zero-order valence-electron chi connectivity index (χ0n) is 11.4. The zero-order valence-corrected chi connectivity index (χ0v) is 13.8. The largest absolute Gasteiger partial charge is 0.350 e. The van der Waals surface area contributed by atoms with Crippen LogP contribution in [0.1, 0.15) is 23.2 Å². The van der Waals surface area contributed by atoms with Crippen LogP contribution < -0.4 is 11.1 Å². The first kappa shape index (κ1) is 16.4. The molecule has 1 atom stereocenters. The fraction of sp³-hybridized carbons (Fsp3) is 0.462. The summed E-state index contributed by atoms with van der Waals surface area (Å²) in [7, 11) is -3.76. The second kappa shape index (κ2) is 6.02. The Morgan fingerprint density at radius 2 is 2.14 bits per heavy atom. The van der Waals surface area contributed by atoms with Crippen LogP contribution in [0, 0.1) is 11.7 Å². The van der Waals surface area contributed by atoms with Gasteiger partial charge in [0.1, 0.15) is 4.90 Å². The molecule has 1 unspecified atom stereocenters. The van der Waals surface area contributed by atoms with E-state index in [1.54, 1.807) is 0 Å². The number of nitrogens with one attached hydrogen (secondary N) is 1. The van der Waals surface area contributed by atoms with E-state index in [0.717, 1.165) is 25.2 Å². The van der Waals surface area contributed by atoms with Gasteiger partial charge in [0.15, 0.2) is 15.7 Å². The molecule has 0 aliphatic heterocycles. The van der Waals surface area contributed by atoms with Gasteiger partial charge in [0.05, 0.1) is 5.56 Å². The minimum Gasteiger partial charge on any atom is -0.350 e. The average molecular weight is 379 g/mol. The maximum absolute atomic E-state index is 14.2. The van der Waals surface area contributed by atoms with Crippen molar-refractivity contribution < 1.29 is 17.6 Å². The molecule has 8 heteroatoms. The number of benzene rings is 1. The van der Waals surface area contributed by atoms with Crippen molar-refractivity contribution in [2.24, 2.45) is 11.7 Å². The number of halogens is 2. The highest BCUT2D eigenvalue weighted by Gasteiger charge is 2.29. The molecule has 1 amide bonds. The molecular formula is C13H16BrFN2O3S. The minimum atomic E-state index is -3.76. The first-order chi connectivity index (χ1) is 9.70. The van der Waals surface area contributed by atoms with Crippen LogP contribution in [0.5, 0.6) is 0 Å². The monoisotopic (exact) mass is 378 g/mol. The smallest absolute Gasteiger partial charge is 0.254 e. The molecule has 2 rings (SSSR count). The number of sulfone groups is 1. The molecule has 1 fully saturated rings. The van der Waals surface area contributed by atoms with E-state index >= 15 is 0 Å². The van der Waals surface area contributed by atoms with Gasteiger partial charge in [0, 0.05) is 23.3 Å². The van der Waals surface area contributed by atoms with Crippen molar-refractivity contribution in [3.63, 3.8) is 0 Å². The van der Waals surface area contributed by atoms with Crippen LogP contribution >= 0.6 is 15.9 Å². The summed E-state index contributed by atoms with van der Waals surface area (Å²) in [5.41, 5.74) is 5.55. The molecular weight excluding hydrogens is 363 g/mol. The molecule has 1 saturated carbocycles. The molecule has 3 N–H and O–H groups in total. The van der Waals surface area contributed by atoms with E-state index in [0.29, 0.717) is 10.4 Å². The standard InChI is InChI=1S/C13H16BrFN2O3S/c1-21(19,20)11-5-8(14)4-9(12(11)15)13(18)17-6-10(16)7-2-3-7/h4-5,7,10H,2-3,6,16H2,1H3,(H,17,18). The molecule has 1 aromatic rings. The number of carbonyl (C=O) groups excluding carboxylic acids is 1. The number of amides is 1. The fourth-order valence-corrected chi connectivity index (χ4v) is 3.38. The van der Waals surface area contributed by atoms with Crippen molar-refractivity contribution in [1.29, 1.82) is 0 Å². The number of hydrogen-bond acceptors (Lipinski definition) is 4. The summed E-state index contributed by atoms with van der Waals surface area (Å²) in [6.07, 6.45) is 2.98. The number of nitrogens with two attached hydrogens (primary N) is 1. The minimum absolute atomic E-state index is 0.154. The van der Waals surface area contributed by atoms with Gasteiger partial charge in [-0.1, -0.05) is 15.9 Å². The lowest BCUT2D eigenvalue weighted by atomic mass is 10.1. The van der Waals surface area contributed by atoms with Crippen LogP contribution in [-0.2, 0) is 9.84 Å². The summed E-state index contributed by atoms with van der Waals surface area (Å²) >= 11 is 3.09. The van der Waals surface area contributed by atoms with Crippen molar-refractivity contribution >= 4 is 31.7 Å². The molecule has 21 heavy (non-hydrogen) atoms. The second-order valence-corrected chi connectivity index (χ2v) is 8.15. The molecule has 0 saturated heterocycles. The Balaban J connectivity index is 2.22. The molecule has 1 aromatic carbocycles. The van der Waals surface area contributed by atoms with Crippen LogP contribution in [0.4, 0.5) is 4.39 Å². The molecule has 5 nitrogen and oxygen atoms in total. The molecule has 0 radical (unpaired) electrons. The molecule has 0 aromatic heterocycles. The number of carbonyl (C=O) groups is 1. The number of hydrogen-bond donors (Lipinski definition) is 2. The van der Waals surface area contributed by atoms with Gasteiger partial charge in [0.25, 0.3) is 5.91 Å². The van der Waals surface area contributed by atoms with E-state index in [2.05, 4.69) is 21.2 Å². The van der Waals surface area contributed by atoms with Gasteiger partial charge >= 0.3 is 0 Å². The summed E-state index contributed by atoms with van der Waals surface area (Å²) in [5.74, 6) is -1.31. The van der Waals surface area contributed by atoms with Crippen molar-refractivity contribution in [1.82, 2.24) is 5.32 Å². The highest BCUT2D eigenvalue weighted by molar-refractivity contribution is 9.10. The van der Waals surface area contributed by atoms with Crippen LogP contribution in [-0.4, -0.2) is 33.2 Å². The lowest BCUT2D eigenvalue weighted by Crippen LogP contribution is -2.38. The summed E-state index contributed by atoms with van der Waals surface area (Å²) in [4.78, 5) is 11.5. The van der Waals surface area contributed by atoms with Crippen LogP contribution in [0.15, 0.2) is 21.5 Å². The topological polar surface area (TPSA) is 89.3 Å². The predicted octanol–water partition coefficient (Wildman–Crippen LogP) is 1.46. The second-order valence-electron chi connectivity index (χ2n) is 5.25. The third-order valence-corrected chi connectivity index (χ3v) is 4.93. The molecule has 0 bridgehead atoms. The lowest BCUT2D eigenvalue weighted by Gasteiger charge is -2.13. The molecule has 116 valence electrons. The van der Waals surface area contributed by atoms with Crippen LogP contribution in [0.2, 0.25) is 0 Å². The highest BCUT2D eigenvalue weighted by Crippen LogP contribution is 2.31. The first-order valence-electron chi connectivity index (χ1n) is 6.43. The summed E-state index contributed by atoms with van der Waals surface area (Å²) in [6, 6.07) is 2.23.